The zero-order valence-electron chi connectivity index (χ0n) is 6.77. The molecule has 0 aromatic rings. The predicted molar refractivity (Wildman–Crippen MR) is 36.6 cm³/mol. The molecule has 0 aliphatic heterocycles. The summed E-state index contributed by atoms with van der Waals surface area (Å²) in [6.45, 7) is -1.21. The molecular weight excluding hydrogens is 190 g/mol. The van der Waals surface area contributed by atoms with Crippen molar-refractivity contribution in [2.45, 2.75) is 25.2 Å². The summed E-state index contributed by atoms with van der Waals surface area (Å²) >= 11 is 0. The molecule has 0 N–H and O–H groups in total. The van der Waals surface area contributed by atoms with Crippen LogP contribution in [0.5, 0.6) is 0 Å². The highest BCUT2D eigenvalue weighted by atomic mass is 19.3. The van der Waals surface area contributed by atoms with Gasteiger partial charge in [-0.25, -0.2) is 17.6 Å². The average molecular weight is 199 g/mol. The van der Waals surface area contributed by atoms with Crippen LogP contribution < -0.4 is 0 Å². The van der Waals surface area contributed by atoms with E-state index in [-0.39, 0.29) is 13.0 Å². The van der Waals surface area contributed by atoms with Crippen molar-refractivity contribution in [1.82, 2.24) is 0 Å². The maximum Gasteiger partial charge on any atom is 0.276 e. The summed E-state index contributed by atoms with van der Waals surface area (Å²) < 4.78 is 52.2. The molecule has 0 amide bonds. The second kappa shape index (κ2) is 5.75. The molecule has 0 aliphatic rings. The average Bonchev–Trinajstić information content (AvgIpc) is 1.95. The molecule has 0 rings (SSSR count). The molecule has 0 fully saturated rings. The minimum atomic E-state index is -3.51. The predicted octanol–water partition coefficient (Wildman–Crippen LogP) is 2.21. The van der Waals surface area contributed by atoms with Gasteiger partial charge < -0.3 is 4.74 Å². The molecule has 0 radical (unpaired) electrons. The van der Waals surface area contributed by atoms with Crippen LogP contribution in [0.15, 0.2) is 0 Å². The van der Waals surface area contributed by atoms with Crippen LogP contribution >= 0.6 is 0 Å². The molecular formula is C7H9F4NO. The van der Waals surface area contributed by atoms with Crippen molar-refractivity contribution in [3.63, 3.8) is 0 Å². The minimum absolute atomic E-state index is 0.0231. The van der Waals surface area contributed by atoms with Crippen molar-refractivity contribution in [1.29, 1.82) is 5.26 Å². The SMILES string of the molecule is N#CCCOCC(F)(F)CC(F)F. The lowest BCUT2D eigenvalue weighted by molar-refractivity contribution is -0.107. The summed E-state index contributed by atoms with van der Waals surface area (Å²) in [4.78, 5) is 0. The Kier molecular flexibility index (Phi) is 5.39. The van der Waals surface area contributed by atoms with Gasteiger partial charge in [-0.2, -0.15) is 5.26 Å². The van der Waals surface area contributed by atoms with E-state index in [4.69, 9.17) is 5.26 Å². The Morgan fingerprint density at radius 1 is 1.38 bits per heavy atom. The molecule has 13 heavy (non-hydrogen) atoms. The normalized spacial score (nSPS) is 11.7. The van der Waals surface area contributed by atoms with Gasteiger partial charge in [0.1, 0.15) is 6.61 Å². The van der Waals surface area contributed by atoms with Crippen molar-refractivity contribution in [2.24, 2.45) is 0 Å². The lowest BCUT2D eigenvalue weighted by Crippen LogP contribution is -2.26. The van der Waals surface area contributed by atoms with E-state index in [0.717, 1.165) is 0 Å². The molecule has 76 valence electrons. The lowest BCUT2D eigenvalue weighted by atomic mass is 10.2. The Hall–Kier alpha value is -0.830. The first-order chi connectivity index (χ1) is 5.98. The summed E-state index contributed by atoms with van der Waals surface area (Å²) in [6.07, 6.45) is -4.57. The summed E-state index contributed by atoms with van der Waals surface area (Å²) in [5.41, 5.74) is 0. The first kappa shape index (κ1) is 12.2. The van der Waals surface area contributed by atoms with Crippen molar-refractivity contribution >= 4 is 0 Å². The van der Waals surface area contributed by atoms with Crippen LogP contribution in [0.2, 0.25) is 0 Å². The van der Waals surface area contributed by atoms with E-state index in [1.54, 1.807) is 6.07 Å². The Morgan fingerprint density at radius 3 is 2.46 bits per heavy atom. The Balaban J connectivity index is 3.58. The van der Waals surface area contributed by atoms with Gasteiger partial charge in [0, 0.05) is 0 Å². The third-order valence-corrected chi connectivity index (χ3v) is 1.12. The van der Waals surface area contributed by atoms with Gasteiger partial charge in [0.25, 0.3) is 5.92 Å². The maximum absolute atomic E-state index is 12.4. The summed E-state index contributed by atoms with van der Waals surface area (Å²) in [5.74, 6) is -3.51. The number of ether oxygens (including phenoxy) is 1. The second-order valence-electron chi connectivity index (χ2n) is 2.41. The fourth-order valence-electron chi connectivity index (χ4n) is 0.624. The fourth-order valence-corrected chi connectivity index (χ4v) is 0.624. The highest BCUT2D eigenvalue weighted by Crippen LogP contribution is 2.22. The highest BCUT2D eigenvalue weighted by Gasteiger charge is 2.33. The molecule has 0 heterocycles. The van der Waals surface area contributed by atoms with Crippen LogP contribution in [0.1, 0.15) is 12.8 Å². The van der Waals surface area contributed by atoms with Gasteiger partial charge in [-0.15, -0.1) is 0 Å². The Bertz CT molecular complexity index is 178. The number of alkyl halides is 4. The van der Waals surface area contributed by atoms with Crippen molar-refractivity contribution in [3.05, 3.63) is 0 Å². The van der Waals surface area contributed by atoms with Crippen LogP contribution in [-0.4, -0.2) is 25.6 Å². The number of halogens is 4. The van der Waals surface area contributed by atoms with Crippen molar-refractivity contribution in [2.75, 3.05) is 13.2 Å². The topological polar surface area (TPSA) is 33.0 Å². The summed E-state index contributed by atoms with van der Waals surface area (Å²) in [6, 6.07) is 1.68. The molecule has 0 aromatic carbocycles. The smallest absolute Gasteiger partial charge is 0.276 e. The van der Waals surface area contributed by atoms with Gasteiger partial charge in [0.2, 0.25) is 6.43 Å². The molecule has 6 heteroatoms. The number of nitrogens with zero attached hydrogens (tertiary/aromatic N) is 1. The monoisotopic (exact) mass is 199 g/mol. The largest absolute Gasteiger partial charge is 0.374 e. The fraction of sp³-hybridized carbons (Fsp3) is 0.857. The van der Waals surface area contributed by atoms with E-state index >= 15 is 0 Å². The van der Waals surface area contributed by atoms with E-state index in [2.05, 4.69) is 4.74 Å². The number of hydrogen-bond acceptors (Lipinski definition) is 2. The van der Waals surface area contributed by atoms with Crippen molar-refractivity contribution in [3.8, 4) is 6.07 Å². The first-order valence-electron chi connectivity index (χ1n) is 3.58. The van der Waals surface area contributed by atoms with Gasteiger partial charge in [-0.05, 0) is 0 Å². The zero-order chi connectivity index (χ0) is 10.3. The third kappa shape index (κ3) is 7.53. The zero-order valence-corrected chi connectivity index (χ0v) is 6.77. The van der Waals surface area contributed by atoms with Crippen LogP contribution in [0.4, 0.5) is 17.6 Å². The van der Waals surface area contributed by atoms with E-state index in [9.17, 15) is 17.6 Å². The molecule has 0 aliphatic carbocycles. The molecule has 0 saturated carbocycles. The van der Waals surface area contributed by atoms with Crippen LogP contribution in [0.3, 0.4) is 0 Å². The van der Waals surface area contributed by atoms with Gasteiger partial charge in [0.05, 0.1) is 25.5 Å². The molecule has 0 unspecified atom stereocenters. The minimum Gasteiger partial charge on any atom is -0.374 e. The molecule has 0 atom stereocenters. The lowest BCUT2D eigenvalue weighted by Gasteiger charge is -2.14. The molecule has 0 saturated heterocycles. The number of hydrogen-bond donors (Lipinski definition) is 0. The number of rotatable bonds is 6. The standard InChI is InChI=1S/C7H9F4NO/c8-6(9)4-7(10,11)5-13-3-1-2-12/h6H,1,3-5H2. The summed E-state index contributed by atoms with van der Waals surface area (Å²) in [5, 5.41) is 8.00. The maximum atomic E-state index is 12.4. The first-order valence-corrected chi connectivity index (χ1v) is 3.58. The molecule has 2 nitrogen and oxygen atoms in total. The van der Waals surface area contributed by atoms with Crippen molar-refractivity contribution < 1.29 is 22.3 Å². The number of nitriles is 1. The molecule has 0 spiro atoms. The van der Waals surface area contributed by atoms with Gasteiger partial charge in [0.15, 0.2) is 0 Å². The second-order valence-corrected chi connectivity index (χ2v) is 2.41. The van der Waals surface area contributed by atoms with Crippen LogP contribution in [0.25, 0.3) is 0 Å². The molecule has 0 bridgehead atoms. The van der Waals surface area contributed by atoms with Gasteiger partial charge >= 0.3 is 0 Å². The van der Waals surface area contributed by atoms with E-state index in [0.29, 0.717) is 0 Å². The van der Waals surface area contributed by atoms with Crippen LogP contribution in [0, 0.1) is 11.3 Å². The molecule has 0 aromatic heterocycles. The third-order valence-electron chi connectivity index (χ3n) is 1.12. The van der Waals surface area contributed by atoms with Gasteiger partial charge in [-0.1, -0.05) is 0 Å². The Morgan fingerprint density at radius 2 is 2.00 bits per heavy atom. The van der Waals surface area contributed by atoms with E-state index < -0.39 is 25.4 Å². The van der Waals surface area contributed by atoms with E-state index in [1.165, 1.54) is 0 Å². The van der Waals surface area contributed by atoms with Gasteiger partial charge in [-0.3, -0.25) is 0 Å². The summed E-state index contributed by atoms with van der Waals surface area (Å²) in [7, 11) is 0. The Labute approximate surface area is 73.1 Å². The van der Waals surface area contributed by atoms with E-state index in [1.807, 2.05) is 0 Å². The van der Waals surface area contributed by atoms with Crippen LogP contribution in [-0.2, 0) is 4.74 Å². The highest BCUT2D eigenvalue weighted by molar-refractivity contribution is 4.69. The quantitative estimate of drug-likeness (QED) is 0.485.